The van der Waals surface area contributed by atoms with Crippen molar-refractivity contribution in [2.45, 2.75) is 13.8 Å². The van der Waals surface area contributed by atoms with Crippen LogP contribution in [0.4, 0.5) is 5.69 Å². The highest BCUT2D eigenvalue weighted by Gasteiger charge is 2.01. The van der Waals surface area contributed by atoms with Crippen molar-refractivity contribution in [3.63, 3.8) is 0 Å². The van der Waals surface area contributed by atoms with Crippen molar-refractivity contribution in [2.24, 2.45) is 5.92 Å². The molecule has 0 aliphatic carbocycles. The van der Waals surface area contributed by atoms with Crippen LogP contribution in [0.5, 0.6) is 5.75 Å². The van der Waals surface area contributed by atoms with Gasteiger partial charge in [-0.15, -0.1) is 0 Å². The maximum absolute atomic E-state index is 5.62. The fraction of sp³-hybridized carbons (Fsp3) is 0.538. The lowest BCUT2D eigenvalue weighted by Gasteiger charge is -2.18. The number of likely N-dealkylation sites (N-methyl/N-ethyl adjacent to an activating group) is 1. The van der Waals surface area contributed by atoms with Crippen LogP contribution in [0.1, 0.15) is 13.8 Å². The molecule has 2 N–H and O–H groups in total. The fourth-order valence-corrected chi connectivity index (χ4v) is 1.60. The first-order valence-corrected chi connectivity index (χ1v) is 5.75. The maximum Gasteiger partial charge on any atom is 0.119 e. The Morgan fingerprint density at radius 2 is 1.88 bits per heavy atom. The number of ether oxygens (including phenoxy) is 1. The Labute approximate surface area is 98.2 Å². The van der Waals surface area contributed by atoms with E-state index in [4.69, 9.17) is 10.5 Å². The van der Waals surface area contributed by atoms with Crippen molar-refractivity contribution >= 4 is 5.69 Å². The van der Waals surface area contributed by atoms with Crippen LogP contribution in [0.15, 0.2) is 24.3 Å². The number of anilines is 1. The zero-order chi connectivity index (χ0) is 12.0. The second kappa shape index (κ2) is 6.38. The van der Waals surface area contributed by atoms with Crippen molar-refractivity contribution in [3.8, 4) is 5.75 Å². The molecule has 0 radical (unpaired) electrons. The molecule has 0 saturated carbocycles. The van der Waals surface area contributed by atoms with Gasteiger partial charge in [-0.2, -0.15) is 0 Å². The van der Waals surface area contributed by atoms with Gasteiger partial charge in [-0.1, -0.05) is 13.8 Å². The largest absolute Gasteiger partial charge is 0.492 e. The number of rotatable bonds is 6. The first-order chi connectivity index (χ1) is 7.58. The Balaban J connectivity index is 2.22. The Morgan fingerprint density at radius 1 is 1.25 bits per heavy atom. The highest BCUT2D eigenvalue weighted by molar-refractivity contribution is 5.41. The second-order valence-corrected chi connectivity index (χ2v) is 4.57. The molecule has 0 unspecified atom stereocenters. The van der Waals surface area contributed by atoms with E-state index in [1.807, 2.05) is 24.3 Å². The van der Waals surface area contributed by atoms with Crippen LogP contribution in [-0.2, 0) is 0 Å². The molecule has 0 aromatic heterocycles. The van der Waals surface area contributed by atoms with Crippen LogP contribution in [0.3, 0.4) is 0 Å². The number of nitrogen functional groups attached to an aromatic ring is 1. The molecule has 0 bridgehead atoms. The summed E-state index contributed by atoms with van der Waals surface area (Å²) in [5.74, 6) is 1.58. The molecule has 0 fully saturated rings. The number of nitrogens with zero attached hydrogens (tertiary/aromatic N) is 1. The lowest BCUT2D eigenvalue weighted by atomic mass is 10.2. The number of hydrogen-bond acceptors (Lipinski definition) is 3. The maximum atomic E-state index is 5.62. The van der Waals surface area contributed by atoms with Crippen molar-refractivity contribution in [2.75, 3.05) is 32.5 Å². The van der Waals surface area contributed by atoms with E-state index >= 15 is 0 Å². The summed E-state index contributed by atoms with van der Waals surface area (Å²) in [6.45, 7) is 7.20. The summed E-state index contributed by atoms with van der Waals surface area (Å²) in [5.41, 5.74) is 6.36. The molecule has 0 amide bonds. The van der Waals surface area contributed by atoms with Crippen LogP contribution >= 0.6 is 0 Å². The van der Waals surface area contributed by atoms with Gasteiger partial charge in [0.25, 0.3) is 0 Å². The van der Waals surface area contributed by atoms with Gasteiger partial charge in [0, 0.05) is 18.8 Å². The number of hydrogen-bond donors (Lipinski definition) is 1. The normalized spacial score (nSPS) is 11.1. The second-order valence-electron chi connectivity index (χ2n) is 4.57. The Bertz CT molecular complexity index is 295. The van der Waals surface area contributed by atoms with Gasteiger partial charge >= 0.3 is 0 Å². The average molecular weight is 222 g/mol. The zero-order valence-electron chi connectivity index (χ0n) is 10.4. The van der Waals surface area contributed by atoms with E-state index in [-0.39, 0.29) is 0 Å². The molecule has 3 heteroatoms. The molecule has 3 nitrogen and oxygen atoms in total. The van der Waals surface area contributed by atoms with Gasteiger partial charge in [0.15, 0.2) is 0 Å². The van der Waals surface area contributed by atoms with E-state index in [0.29, 0.717) is 12.5 Å². The molecule has 1 aromatic rings. The monoisotopic (exact) mass is 222 g/mol. The Kier molecular flexibility index (Phi) is 5.12. The zero-order valence-corrected chi connectivity index (χ0v) is 10.4. The summed E-state index contributed by atoms with van der Waals surface area (Å²) >= 11 is 0. The van der Waals surface area contributed by atoms with Crippen molar-refractivity contribution in [1.29, 1.82) is 0 Å². The van der Waals surface area contributed by atoms with E-state index in [1.54, 1.807) is 0 Å². The molecule has 0 spiro atoms. The molecule has 0 aliphatic heterocycles. The van der Waals surface area contributed by atoms with Crippen LogP contribution in [0.2, 0.25) is 0 Å². The predicted octanol–water partition coefficient (Wildman–Crippen LogP) is 2.24. The molecule has 16 heavy (non-hydrogen) atoms. The summed E-state index contributed by atoms with van der Waals surface area (Å²) in [6.07, 6.45) is 0. The van der Waals surface area contributed by atoms with E-state index in [0.717, 1.165) is 24.5 Å². The minimum Gasteiger partial charge on any atom is -0.492 e. The molecule has 1 rings (SSSR count). The molecular formula is C13H22N2O. The molecule has 1 aromatic carbocycles. The summed E-state index contributed by atoms with van der Waals surface area (Å²) in [5, 5.41) is 0. The van der Waals surface area contributed by atoms with Gasteiger partial charge in [-0.3, -0.25) is 0 Å². The standard InChI is InChI=1S/C13H22N2O/c1-11(2)10-15(3)8-9-16-13-6-4-12(14)5-7-13/h4-7,11H,8-10,14H2,1-3H3. The van der Waals surface area contributed by atoms with Crippen LogP contribution in [0.25, 0.3) is 0 Å². The molecule has 0 heterocycles. The number of benzene rings is 1. The van der Waals surface area contributed by atoms with Gasteiger partial charge in [0.2, 0.25) is 0 Å². The summed E-state index contributed by atoms with van der Waals surface area (Å²) in [4.78, 5) is 2.28. The van der Waals surface area contributed by atoms with E-state index in [1.165, 1.54) is 0 Å². The van der Waals surface area contributed by atoms with E-state index in [9.17, 15) is 0 Å². The minimum absolute atomic E-state index is 0.696. The van der Waals surface area contributed by atoms with Crippen LogP contribution in [-0.4, -0.2) is 31.6 Å². The Morgan fingerprint density at radius 3 is 2.44 bits per heavy atom. The van der Waals surface area contributed by atoms with Crippen LogP contribution < -0.4 is 10.5 Å². The quantitative estimate of drug-likeness (QED) is 0.750. The third-order valence-electron chi connectivity index (χ3n) is 2.30. The molecule has 0 atom stereocenters. The molecular weight excluding hydrogens is 200 g/mol. The SMILES string of the molecule is CC(C)CN(C)CCOc1ccc(N)cc1. The smallest absolute Gasteiger partial charge is 0.119 e. The molecule has 0 saturated heterocycles. The molecule has 90 valence electrons. The number of nitrogens with two attached hydrogens (primary N) is 1. The van der Waals surface area contributed by atoms with E-state index < -0.39 is 0 Å². The third-order valence-corrected chi connectivity index (χ3v) is 2.30. The topological polar surface area (TPSA) is 38.5 Å². The lowest BCUT2D eigenvalue weighted by Crippen LogP contribution is -2.27. The van der Waals surface area contributed by atoms with Crippen molar-refractivity contribution in [3.05, 3.63) is 24.3 Å². The summed E-state index contributed by atoms with van der Waals surface area (Å²) in [6, 6.07) is 7.51. The highest BCUT2D eigenvalue weighted by atomic mass is 16.5. The molecule has 0 aliphatic rings. The van der Waals surface area contributed by atoms with Gasteiger partial charge in [-0.25, -0.2) is 0 Å². The van der Waals surface area contributed by atoms with Crippen LogP contribution in [0, 0.1) is 5.92 Å². The summed E-state index contributed by atoms with van der Waals surface area (Å²) < 4.78 is 5.62. The first kappa shape index (κ1) is 12.8. The Hall–Kier alpha value is -1.22. The van der Waals surface area contributed by atoms with Gasteiger partial charge in [-0.05, 0) is 37.2 Å². The van der Waals surface area contributed by atoms with Crippen molar-refractivity contribution < 1.29 is 4.74 Å². The first-order valence-electron chi connectivity index (χ1n) is 5.75. The lowest BCUT2D eigenvalue weighted by molar-refractivity contribution is 0.223. The highest BCUT2D eigenvalue weighted by Crippen LogP contribution is 2.12. The average Bonchev–Trinajstić information content (AvgIpc) is 2.20. The van der Waals surface area contributed by atoms with Gasteiger partial charge in [0.05, 0.1) is 0 Å². The predicted molar refractivity (Wildman–Crippen MR) is 68.7 cm³/mol. The summed E-state index contributed by atoms with van der Waals surface area (Å²) in [7, 11) is 2.12. The third kappa shape index (κ3) is 5.03. The van der Waals surface area contributed by atoms with Gasteiger partial charge < -0.3 is 15.4 Å². The van der Waals surface area contributed by atoms with E-state index in [2.05, 4.69) is 25.8 Å². The fourth-order valence-electron chi connectivity index (χ4n) is 1.60. The minimum atomic E-state index is 0.696. The van der Waals surface area contributed by atoms with Crippen molar-refractivity contribution in [1.82, 2.24) is 4.90 Å². The van der Waals surface area contributed by atoms with Gasteiger partial charge in [0.1, 0.15) is 12.4 Å².